The molecule has 37 heavy (non-hydrogen) atoms. The van der Waals surface area contributed by atoms with Crippen LogP contribution < -0.4 is 23.7 Å². The third-order valence-electron chi connectivity index (χ3n) is 6.11. The second kappa shape index (κ2) is 13.1. The topological polar surface area (TPSA) is 95.9 Å². The number of rotatable bonds is 10. The molecule has 1 heterocycles. The van der Waals surface area contributed by atoms with E-state index in [0.29, 0.717) is 47.0 Å². The number of carbonyl (C=O) groups excluding carboxylic acids is 1. The van der Waals surface area contributed by atoms with E-state index in [-0.39, 0.29) is 18.4 Å². The first-order chi connectivity index (χ1) is 17.9. The fourth-order valence-electron chi connectivity index (χ4n) is 4.24. The summed E-state index contributed by atoms with van der Waals surface area (Å²) in [5.41, 5.74) is 2.77. The van der Waals surface area contributed by atoms with Crippen molar-refractivity contribution in [3.8, 4) is 40.7 Å². The van der Waals surface area contributed by atoms with E-state index in [4.69, 9.17) is 28.4 Å². The monoisotopic (exact) mass is 513 g/mol. The molecular formula is C28H35NO8. The van der Waals surface area contributed by atoms with Gasteiger partial charge in [0, 0.05) is 30.9 Å². The number of hydrogen-bond acceptors (Lipinski definition) is 8. The third-order valence-corrected chi connectivity index (χ3v) is 6.11. The van der Waals surface area contributed by atoms with Crippen molar-refractivity contribution in [2.75, 3.05) is 41.7 Å². The second-order valence-electron chi connectivity index (χ2n) is 8.57. The molecule has 2 unspecified atom stereocenters. The van der Waals surface area contributed by atoms with Crippen molar-refractivity contribution in [1.29, 1.82) is 0 Å². The van der Waals surface area contributed by atoms with Gasteiger partial charge in [0.25, 0.3) is 5.91 Å². The third kappa shape index (κ3) is 6.59. The Hall–Kier alpha value is -3.61. The summed E-state index contributed by atoms with van der Waals surface area (Å²) in [7, 11) is 6.35. The lowest BCUT2D eigenvalue weighted by molar-refractivity contribution is -0.149. The lowest BCUT2D eigenvalue weighted by Crippen LogP contribution is -2.18. The van der Waals surface area contributed by atoms with Gasteiger partial charge in [0.2, 0.25) is 5.75 Å². The van der Waals surface area contributed by atoms with Crippen LogP contribution in [0.4, 0.5) is 0 Å². The molecule has 200 valence electrons. The molecule has 9 heteroatoms. The number of methoxy groups -OCH3 is 4. The minimum atomic E-state index is -0.553. The minimum absolute atomic E-state index is 0.0940. The van der Waals surface area contributed by atoms with Crippen LogP contribution >= 0.6 is 0 Å². The van der Waals surface area contributed by atoms with E-state index in [0.717, 1.165) is 29.5 Å². The number of hydroxylamine groups is 2. The Bertz CT molecular complexity index is 1130. The van der Waals surface area contributed by atoms with Crippen LogP contribution in [0.2, 0.25) is 0 Å². The van der Waals surface area contributed by atoms with E-state index in [1.165, 1.54) is 6.92 Å². The van der Waals surface area contributed by atoms with Gasteiger partial charge in [-0.2, -0.15) is 0 Å². The molecule has 1 aliphatic heterocycles. The lowest BCUT2D eigenvalue weighted by Gasteiger charge is -2.18. The van der Waals surface area contributed by atoms with Gasteiger partial charge in [0.1, 0.15) is 0 Å². The Morgan fingerprint density at radius 2 is 1.62 bits per heavy atom. The predicted molar refractivity (Wildman–Crippen MR) is 137 cm³/mol. The van der Waals surface area contributed by atoms with Crippen molar-refractivity contribution in [2.45, 2.75) is 45.1 Å². The summed E-state index contributed by atoms with van der Waals surface area (Å²) >= 11 is 0. The second-order valence-corrected chi connectivity index (χ2v) is 8.57. The molecule has 0 bridgehead atoms. The highest BCUT2D eigenvalue weighted by Crippen LogP contribution is 2.46. The van der Waals surface area contributed by atoms with E-state index in [1.54, 1.807) is 28.4 Å². The number of carbonyl (C=O) groups is 1. The van der Waals surface area contributed by atoms with Crippen molar-refractivity contribution in [3.63, 3.8) is 0 Å². The molecule has 1 N–H and O–H groups in total. The van der Waals surface area contributed by atoms with Crippen molar-refractivity contribution >= 4 is 5.91 Å². The summed E-state index contributed by atoms with van der Waals surface area (Å²) in [6, 6.07) is 10.3. The molecule has 1 fully saturated rings. The zero-order valence-corrected chi connectivity index (χ0v) is 22.3. The molecule has 0 saturated carbocycles. The van der Waals surface area contributed by atoms with Gasteiger partial charge in [-0.05, 0) is 42.2 Å². The summed E-state index contributed by atoms with van der Waals surface area (Å²) < 4.78 is 34.3. The molecule has 1 saturated heterocycles. The summed E-state index contributed by atoms with van der Waals surface area (Å²) in [6.07, 6.45) is 1.66. The van der Waals surface area contributed by atoms with Crippen LogP contribution in [0.25, 0.3) is 0 Å². The van der Waals surface area contributed by atoms with Crippen molar-refractivity contribution in [2.24, 2.45) is 0 Å². The van der Waals surface area contributed by atoms with Gasteiger partial charge in [0.05, 0.1) is 47.8 Å². The van der Waals surface area contributed by atoms with Crippen LogP contribution in [0, 0.1) is 12.0 Å². The Morgan fingerprint density at radius 3 is 2.19 bits per heavy atom. The van der Waals surface area contributed by atoms with E-state index >= 15 is 0 Å². The SMILES string of the molecule is CCCOc1c(CC#CN(O)C(C)=O)cc(C2COC(c3cc(OC)c(OC)c(OC)c3)C2)cc1OC. The largest absolute Gasteiger partial charge is 0.493 e. The van der Waals surface area contributed by atoms with Crippen LogP contribution in [0.1, 0.15) is 55.4 Å². The van der Waals surface area contributed by atoms with Crippen molar-refractivity contribution in [1.82, 2.24) is 5.06 Å². The van der Waals surface area contributed by atoms with Crippen LogP contribution in [0.15, 0.2) is 24.3 Å². The van der Waals surface area contributed by atoms with Gasteiger partial charge in [-0.15, -0.1) is 5.06 Å². The number of benzene rings is 2. The first-order valence-electron chi connectivity index (χ1n) is 12.1. The lowest BCUT2D eigenvalue weighted by atomic mass is 9.91. The zero-order valence-electron chi connectivity index (χ0n) is 22.3. The van der Waals surface area contributed by atoms with Gasteiger partial charge >= 0.3 is 0 Å². The molecule has 2 atom stereocenters. The molecule has 0 aliphatic carbocycles. The number of ether oxygens (including phenoxy) is 6. The standard InChI is InChI=1S/C28H35NO8/c1-7-11-36-27-19(9-8-10-29(31)18(2)30)12-20(13-24(27)32-3)22-16-23(37-17-22)21-14-25(33-4)28(35-6)26(15-21)34-5/h12-15,22-23,31H,7,9,11,16-17H2,1-6H3. The van der Waals surface area contributed by atoms with Crippen molar-refractivity contribution < 1.29 is 38.4 Å². The predicted octanol–water partition coefficient (Wildman–Crippen LogP) is 4.50. The number of hydrogen-bond donors (Lipinski definition) is 1. The van der Waals surface area contributed by atoms with Gasteiger partial charge in [-0.25, -0.2) is 0 Å². The highest BCUT2D eigenvalue weighted by Gasteiger charge is 2.31. The van der Waals surface area contributed by atoms with Gasteiger partial charge < -0.3 is 28.4 Å². The summed E-state index contributed by atoms with van der Waals surface area (Å²) in [5.74, 6) is 5.28. The maximum atomic E-state index is 11.3. The Kier molecular flexibility index (Phi) is 9.89. The first kappa shape index (κ1) is 28.0. The zero-order chi connectivity index (χ0) is 26.9. The Labute approximate surface area is 218 Å². The van der Waals surface area contributed by atoms with Crippen LogP contribution in [-0.2, 0) is 16.0 Å². The fraction of sp³-hybridized carbons (Fsp3) is 0.464. The fourth-order valence-corrected chi connectivity index (χ4v) is 4.24. The highest BCUT2D eigenvalue weighted by atomic mass is 16.5. The molecule has 0 spiro atoms. The maximum Gasteiger partial charge on any atom is 0.255 e. The smallest absolute Gasteiger partial charge is 0.255 e. The van der Waals surface area contributed by atoms with Gasteiger partial charge in [0.15, 0.2) is 23.0 Å². The summed E-state index contributed by atoms with van der Waals surface area (Å²) in [4.78, 5) is 11.3. The molecule has 1 aliphatic rings. The minimum Gasteiger partial charge on any atom is -0.493 e. The molecule has 0 aromatic heterocycles. The molecule has 2 aromatic carbocycles. The number of nitrogens with zero attached hydrogens (tertiary/aromatic N) is 1. The van der Waals surface area contributed by atoms with E-state index in [1.807, 2.05) is 31.2 Å². The van der Waals surface area contributed by atoms with Crippen molar-refractivity contribution in [3.05, 3.63) is 41.0 Å². The average molecular weight is 514 g/mol. The van der Waals surface area contributed by atoms with Gasteiger partial charge in [-0.1, -0.05) is 18.9 Å². The molecular weight excluding hydrogens is 478 g/mol. The highest BCUT2D eigenvalue weighted by molar-refractivity contribution is 5.73. The van der Waals surface area contributed by atoms with Crippen LogP contribution in [0.5, 0.6) is 28.7 Å². The van der Waals surface area contributed by atoms with E-state index in [9.17, 15) is 10.0 Å². The number of amides is 1. The first-order valence-corrected chi connectivity index (χ1v) is 12.1. The van der Waals surface area contributed by atoms with Crippen LogP contribution in [-0.4, -0.2) is 57.8 Å². The quantitative estimate of drug-likeness (QED) is 0.215. The molecule has 9 nitrogen and oxygen atoms in total. The molecule has 2 aromatic rings. The van der Waals surface area contributed by atoms with E-state index in [2.05, 4.69) is 12.0 Å². The normalized spacial score (nSPS) is 16.4. The molecule has 1 amide bonds. The Balaban J connectivity index is 1.91. The molecule has 3 rings (SSSR count). The molecule has 0 radical (unpaired) electrons. The maximum absolute atomic E-state index is 11.3. The summed E-state index contributed by atoms with van der Waals surface area (Å²) in [6.45, 7) is 4.29. The average Bonchev–Trinajstić information content (AvgIpc) is 3.41. The van der Waals surface area contributed by atoms with Gasteiger partial charge in [-0.3, -0.25) is 10.0 Å². The summed E-state index contributed by atoms with van der Waals surface area (Å²) in [5, 5.41) is 9.98. The van der Waals surface area contributed by atoms with E-state index < -0.39 is 5.91 Å². The van der Waals surface area contributed by atoms with Crippen LogP contribution in [0.3, 0.4) is 0 Å². The Morgan fingerprint density at radius 1 is 1.00 bits per heavy atom.